The lowest BCUT2D eigenvalue weighted by Gasteiger charge is -2.26. The van der Waals surface area contributed by atoms with Gasteiger partial charge in [-0.3, -0.25) is 14.4 Å². The highest BCUT2D eigenvalue weighted by atomic mass is 16.4. The van der Waals surface area contributed by atoms with Crippen LogP contribution in [0.15, 0.2) is 0 Å². The second-order valence-electron chi connectivity index (χ2n) is 8.39. The van der Waals surface area contributed by atoms with Gasteiger partial charge in [0.2, 0.25) is 17.7 Å². The number of carbonyl (C=O) groups is 4. The van der Waals surface area contributed by atoms with Crippen LogP contribution in [-0.4, -0.2) is 71.2 Å². The molecule has 0 aliphatic carbocycles. The van der Waals surface area contributed by atoms with E-state index in [1.807, 2.05) is 13.8 Å². The molecule has 0 saturated carbocycles. The lowest BCUT2D eigenvalue weighted by Crippen LogP contribution is -2.59. The van der Waals surface area contributed by atoms with Gasteiger partial charge in [-0.15, -0.1) is 0 Å². The summed E-state index contributed by atoms with van der Waals surface area (Å²) in [6, 6.07) is -4.30. The summed E-state index contributed by atoms with van der Waals surface area (Å²) < 4.78 is 0. The molecule has 31 heavy (non-hydrogen) atoms. The van der Waals surface area contributed by atoms with Crippen molar-refractivity contribution >= 4 is 23.7 Å². The summed E-state index contributed by atoms with van der Waals surface area (Å²) in [7, 11) is 0. The minimum absolute atomic E-state index is 0.0385. The Bertz CT molecular complexity index is 599. The van der Waals surface area contributed by atoms with E-state index in [-0.39, 0.29) is 18.3 Å². The number of carboxylic acids is 1. The van der Waals surface area contributed by atoms with Crippen molar-refractivity contribution < 1.29 is 29.4 Å². The van der Waals surface area contributed by atoms with Gasteiger partial charge in [0.1, 0.15) is 18.1 Å². The number of amides is 3. The second-order valence-corrected chi connectivity index (χ2v) is 8.39. The second kappa shape index (κ2) is 14.7. The average molecular weight is 446 g/mol. The van der Waals surface area contributed by atoms with Crippen LogP contribution in [-0.2, 0) is 19.2 Å². The number of hydrogen-bond donors (Lipinski definition) is 7. The van der Waals surface area contributed by atoms with Crippen LogP contribution in [0.3, 0.4) is 0 Å². The highest BCUT2D eigenvalue weighted by Gasteiger charge is 2.31. The lowest BCUT2D eigenvalue weighted by molar-refractivity contribution is -0.143. The average Bonchev–Trinajstić information content (AvgIpc) is 2.68. The maximum Gasteiger partial charge on any atom is 0.326 e. The van der Waals surface area contributed by atoms with Crippen molar-refractivity contribution in [3.63, 3.8) is 0 Å². The molecule has 3 amide bonds. The van der Waals surface area contributed by atoms with Crippen LogP contribution >= 0.6 is 0 Å². The van der Waals surface area contributed by atoms with Crippen LogP contribution in [0.1, 0.15) is 53.4 Å². The number of aliphatic hydroxyl groups is 1. The normalized spacial score (nSPS) is 15.1. The Hall–Kier alpha value is -2.24. The number of hydrogen-bond acceptors (Lipinski definition) is 7. The summed E-state index contributed by atoms with van der Waals surface area (Å²) in [5.41, 5.74) is 11.2. The monoisotopic (exact) mass is 445 g/mol. The number of carboxylic acid groups (broad SMARTS) is 1. The first kappa shape index (κ1) is 28.8. The predicted octanol–water partition coefficient (Wildman–Crippen LogP) is -1.32. The van der Waals surface area contributed by atoms with Crippen molar-refractivity contribution in [1.29, 1.82) is 0 Å². The Labute approximate surface area is 183 Å². The number of nitrogens with one attached hydrogen (secondary N) is 3. The first-order chi connectivity index (χ1) is 14.4. The number of nitrogens with two attached hydrogens (primary N) is 2. The maximum atomic E-state index is 12.6. The summed E-state index contributed by atoms with van der Waals surface area (Å²) in [6.07, 6.45) is 1.98. The molecule has 0 heterocycles. The Balaban J connectivity index is 5.08. The largest absolute Gasteiger partial charge is 0.480 e. The van der Waals surface area contributed by atoms with E-state index in [1.54, 1.807) is 13.8 Å². The van der Waals surface area contributed by atoms with Crippen LogP contribution < -0.4 is 27.4 Å². The van der Waals surface area contributed by atoms with Crippen molar-refractivity contribution in [3.05, 3.63) is 0 Å². The summed E-state index contributed by atoms with van der Waals surface area (Å²) in [6.45, 7) is 6.82. The zero-order chi connectivity index (χ0) is 24.1. The molecule has 0 bridgehead atoms. The molecule has 180 valence electrons. The molecule has 0 saturated heterocycles. The van der Waals surface area contributed by atoms with E-state index >= 15 is 0 Å². The molecule has 0 rings (SSSR count). The lowest BCUT2D eigenvalue weighted by atomic mass is 10.00. The molecule has 11 heteroatoms. The van der Waals surface area contributed by atoms with Gasteiger partial charge in [0.25, 0.3) is 0 Å². The third-order valence-electron chi connectivity index (χ3n) is 4.69. The predicted molar refractivity (Wildman–Crippen MR) is 116 cm³/mol. The first-order valence-electron chi connectivity index (χ1n) is 10.6. The Kier molecular flexibility index (Phi) is 13.6. The minimum Gasteiger partial charge on any atom is -0.480 e. The van der Waals surface area contributed by atoms with E-state index < -0.39 is 54.5 Å². The van der Waals surface area contributed by atoms with Gasteiger partial charge in [-0.25, -0.2) is 4.79 Å². The molecule has 0 aromatic heterocycles. The van der Waals surface area contributed by atoms with Gasteiger partial charge >= 0.3 is 5.97 Å². The quantitative estimate of drug-likeness (QED) is 0.150. The van der Waals surface area contributed by atoms with Crippen LogP contribution in [0.25, 0.3) is 0 Å². The molecule has 0 fully saturated rings. The SMILES string of the molecule is CC(C)CC(NC(=O)C(NC(=O)C(CO)NC(=O)C(N)CCCCN)C(C)C)C(=O)O. The molecule has 0 aliphatic heterocycles. The third kappa shape index (κ3) is 11.1. The Morgan fingerprint density at radius 2 is 1.45 bits per heavy atom. The fraction of sp³-hybridized carbons (Fsp3) is 0.800. The van der Waals surface area contributed by atoms with Gasteiger partial charge in [-0.2, -0.15) is 0 Å². The molecule has 0 aromatic rings. The van der Waals surface area contributed by atoms with Gasteiger partial charge in [0.05, 0.1) is 12.6 Å². The Morgan fingerprint density at radius 3 is 1.90 bits per heavy atom. The smallest absolute Gasteiger partial charge is 0.326 e. The standard InChI is InChI=1S/C20H39N5O6/c1-11(2)9-14(20(30)31)23-19(29)16(12(3)4)25-18(28)15(10-26)24-17(27)13(22)7-5-6-8-21/h11-16,26H,5-10,21-22H2,1-4H3,(H,23,29)(H,24,27)(H,25,28)(H,30,31). The number of rotatable bonds is 15. The molecule has 4 unspecified atom stereocenters. The van der Waals surface area contributed by atoms with Crippen LogP contribution in [0.4, 0.5) is 0 Å². The molecule has 9 N–H and O–H groups in total. The molecule has 4 atom stereocenters. The van der Waals surface area contributed by atoms with Crippen LogP contribution in [0, 0.1) is 11.8 Å². The molecule has 0 aromatic carbocycles. The zero-order valence-electron chi connectivity index (χ0n) is 18.9. The van der Waals surface area contributed by atoms with Gasteiger partial charge in [0, 0.05) is 0 Å². The highest BCUT2D eigenvalue weighted by molar-refractivity contribution is 5.94. The van der Waals surface area contributed by atoms with E-state index in [0.29, 0.717) is 25.8 Å². The number of aliphatic carboxylic acids is 1. The van der Waals surface area contributed by atoms with Crippen molar-refractivity contribution in [2.45, 2.75) is 77.5 Å². The fourth-order valence-electron chi connectivity index (χ4n) is 2.86. The molecular formula is C20H39N5O6. The summed E-state index contributed by atoms with van der Waals surface area (Å²) in [5.74, 6) is -3.52. The van der Waals surface area contributed by atoms with E-state index in [2.05, 4.69) is 16.0 Å². The topological polar surface area (TPSA) is 197 Å². The van der Waals surface area contributed by atoms with E-state index in [9.17, 15) is 29.4 Å². The molecule has 0 radical (unpaired) electrons. The van der Waals surface area contributed by atoms with Crippen molar-refractivity contribution in [2.24, 2.45) is 23.3 Å². The number of unbranched alkanes of at least 4 members (excludes halogenated alkanes) is 1. The van der Waals surface area contributed by atoms with Crippen molar-refractivity contribution in [3.8, 4) is 0 Å². The van der Waals surface area contributed by atoms with Crippen molar-refractivity contribution in [1.82, 2.24) is 16.0 Å². The molecular weight excluding hydrogens is 406 g/mol. The van der Waals surface area contributed by atoms with Crippen molar-refractivity contribution in [2.75, 3.05) is 13.2 Å². The van der Waals surface area contributed by atoms with E-state index in [1.165, 1.54) is 0 Å². The number of carbonyl (C=O) groups excluding carboxylic acids is 3. The van der Waals surface area contributed by atoms with Crippen LogP contribution in [0.5, 0.6) is 0 Å². The molecule has 0 spiro atoms. The van der Waals surface area contributed by atoms with Gasteiger partial charge in [-0.05, 0) is 37.6 Å². The van der Waals surface area contributed by atoms with E-state index in [0.717, 1.165) is 0 Å². The highest BCUT2D eigenvalue weighted by Crippen LogP contribution is 2.08. The molecule has 0 aliphatic rings. The molecule has 11 nitrogen and oxygen atoms in total. The summed E-state index contributed by atoms with van der Waals surface area (Å²) in [5, 5.41) is 26.2. The van der Waals surface area contributed by atoms with Gasteiger partial charge in [0.15, 0.2) is 0 Å². The van der Waals surface area contributed by atoms with Gasteiger partial charge in [-0.1, -0.05) is 34.1 Å². The number of aliphatic hydroxyl groups excluding tert-OH is 1. The summed E-state index contributed by atoms with van der Waals surface area (Å²) >= 11 is 0. The fourth-order valence-corrected chi connectivity index (χ4v) is 2.86. The third-order valence-corrected chi connectivity index (χ3v) is 4.69. The van der Waals surface area contributed by atoms with Crippen LogP contribution in [0.2, 0.25) is 0 Å². The minimum atomic E-state index is -1.30. The summed E-state index contributed by atoms with van der Waals surface area (Å²) in [4.78, 5) is 48.8. The Morgan fingerprint density at radius 1 is 0.871 bits per heavy atom. The first-order valence-corrected chi connectivity index (χ1v) is 10.6. The van der Waals surface area contributed by atoms with E-state index in [4.69, 9.17) is 11.5 Å². The maximum absolute atomic E-state index is 12.6. The zero-order valence-corrected chi connectivity index (χ0v) is 18.9. The van der Waals surface area contributed by atoms with Gasteiger partial charge < -0.3 is 37.6 Å².